The number of carbonyl (C=O) groups excluding carboxylic acids is 3. The third kappa shape index (κ3) is 7.81. The van der Waals surface area contributed by atoms with Crippen LogP contribution in [0.25, 0.3) is 0 Å². The fourth-order valence-corrected chi connectivity index (χ4v) is 3.67. The van der Waals surface area contributed by atoms with Gasteiger partial charge in [-0.15, -0.1) is 11.3 Å². The Balaban J connectivity index is 0.00000480. The number of oxime groups is 1. The number of primary amides is 1. The maximum atomic E-state index is 12.6. The molecular weight excluding hydrogens is 498 g/mol. The summed E-state index contributed by atoms with van der Waals surface area (Å²) in [4.78, 5) is 54.3. The zero-order valence-electron chi connectivity index (χ0n) is 14.6. The molecule has 3 amide bonds. The van der Waals surface area contributed by atoms with E-state index in [1.54, 1.807) is 0 Å². The summed E-state index contributed by atoms with van der Waals surface area (Å²) >= 11 is 0.920. The number of thiazole rings is 1. The first kappa shape index (κ1) is 30.5. The number of carboxylic acid groups (broad SMARTS) is 1. The van der Waals surface area contributed by atoms with Gasteiger partial charge in [-0.25, -0.2) is 18.9 Å². The van der Waals surface area contributed by atoms with Crippen LogP contribution in [-0.4, -0.2) is 141 Å². The predicted octanol–water partition coefficient (Wildman–Crippen LogP) is -4.17. The van der Waals surface area contributed by atoms with Crippen molar-refractivity contribution in [2.75, 3.05) is 18.9 Å². The minimum atomic E-state index is -5.02. The maximum absolute atomic E-state index is 12.6. The summed E-state index contributed by atoms with van der Waals surface area (Å²) in [5.41, 5.74) is 9.58. The Hall–Kier alpha value is -1.51. The van der Waals surface area contributed by atoms with Crippen LogP contribution < -0.4 is 16.8 Å². The van der Waals surface area contributed by atoms with Crippen LogP contribution in [0.2, 0.25) is 0 Å². The molecule has 2 rings (SSSR count). The molecule has 0 radical (unpaired) electrons. The molecule has 7 N–H and O–H groups in total. The van der Waals surface area contributed by atoms with Crippen molar-refractivity contribution in [1.82, 2.24) is 14.6 Å². The molecule has 1 aliphatic heterocycles. The second kappa shape index (κ2) is 12.7. The first-order chi connectivity index (χ1) is 13.9. The van der Waals surface area contributed by atoms with Gasteiger partial charge in [-0.05, 0) is 0 Å². The first-order valence-corrected chi connectivity index (χ1v) is 9.86. The summed E-state index contributed by atoms with van der Waals surface area (Å²) in [5.74, 6) is -3.76. The molecule has 0 saturated carbocycles. The molecule has 20 heteroatoms. The van der Waals surface area contributed by atoms with Crippen LogP contribution in [0.4, 0.5) is 9.93 Å². The van der Waals surface area contributed by atoms with E-state index in [1.165, 1.54) is 5.38 Å². The quantitative estimate of drug-likeness (QED) is 0.0691. The molecule has 2 atom stereocenters. The van der Waals surface area contributed by atoms with Gasteiger partial charge in [0.1, 0.15) is 24.4 Å². The molecule has 0 bridgehead atoms. The van der Waals surface area contributed by atoms with Gasteiger partial charge in [-0.3, -0.25) is 14.1 Å². The number of nitrogens with zero attached hydrogens (tertiary/aromatic N) is 3. The Bertz CT molecular complexity index is 1020. The van der Waals surface area contributed by atoms with Gasteiger partial charge in [0, 0.05) is 5.38 Å². The van der Waals surface area contributed by atoms with Crippen molar-refractivity contribution in [2.24, 2.45) is 10.9 Å². The SMILES string of the molecule is NC(=O)OC[C@@H]1[C@H](NC(=O)/C(=N\OCC(=O)O)c2csc(N)n2)C(=O)N1S(=O)(=O)O.[NaH].[NaH]. The van der Waals surface area contributed by atoms with E-state index in [9.17, 15) is 27.6 Å². The number of hydrogen-bond donors (Lipinski definition) is 5. The van der Waals surface area contributed by atoms with Gasteiger partial charge in [-0.2, -0.15) is 8.42 Å². The summed E-state index contributed by atoms with van der Waals surface area (Å²) in [5, 5.41) is 15.4. The fourth-order valence-electron chi connectivity index (χ4n) is 2.26. The average molecular weight is 514 g/mol. The number of anilines is 1. The Labute approximate surface area is 228 Å². The number of nitrogens with one attached hydrogen (secondary N) is 1. The number of ether oxygens (including phenoxy) is 1. The van der Waals surface area contributed by atoms with Crippen LogP contribution >= 0.6 is 11.3 Å². The standard InChI is InChI=1S/C12H14N6O10S2.2Na.2H/c13-11-15-4(3-29-11)7(17-28-2-6(19)20)9(21)16-8-5(1-27-12(14)23)18(10(8)22)30(24,25)26;;;;/h3,5,8H,1-2H2,(H2,13,15)(H2,14,23)(H,16,21)(H,19,20)(H,24,25,26);;;;/b17-7-;;;;/t5-,8+;;;;/m1..../s1. The van der Waals surface area contributed by atoms with E-state index in [0.29, 0.717) is 0 Å². The van der Waals surface area contributed by atoms with Crippen LogP contribution in [-0.2, 0) is 34.3 Å². The summed E-state index contributed by atoms with van der Waals surface area (Å²) < 4.78 is 36.2. The molecule has 2 heterocycles. The molecule has 1 saturated heterocycles. The van der Waals surface area contributed by atoms with Crippen LogP contribution in [0.1, 0.15) is 5.69 Å². The van der Waals surface area contributed by atoms with Gasteiger partial charge in [0.15, 0.2) is 10.8 Å². The number of carboxylic acids is 1. The van der Waals surface area contributed by atoms with Crippen LogP contribution in [0.15, 0.2) is 10.5 Å². The van der Waals surface area contributed by atoms with E-state index in [-0.39, 0.29) is 74.2 Å². The number of carbonyl (C=O) groups is 4. The number of nitrogen functional groups attached to an aromatic ring is 1. The molecular formula is C12H16N6Na2O10S2. The van der Waals surface area contributed by atoms with Crippen molar-refractivity contribution < 1.29 is 46.8 Å². The van der Waals surface area contributed by atoms with Gasteiger partial charge in [0.25, 0.3) is 11.8 Å². The summed E-state index contributed by atoms with van der Waals surface area (Å²) in [6.07, 6.45) is -1.29. The van der Waals surface area contributed by atoms with E-state index in [1.807, 2.05) is 0 Å². The summed E-state index contributed by atoms with van der Waals surface area (Å²) in [6.45, 7) is -1.66. The molecule has 32 heavy (non-hydrogen) atoms. The number of β-lactam (4-membered cyclic amide) rings is 1. The molecule has 168 valence electrons. The molecule has 1 aromatic heterocycles. The van der Waals surface area contributed by atoms with Crippen molar-refractivity contribution >= 4 is 115 Å². The number of hydrogen-bond acceptors (Lipinski definition) is 12. The Kier molecular flexibility index (Phi) is 12.1. The topological polar surface area (TPSA) is 254 Å². The van der Waals surface area contributed by atoms with E-state index in [4.69, 9.17) is 21.1 Å². The van der Waals surface area contributed by atoms with E-state index in [2.05, 4.69) is 25.0 Å². The summed E-state index contributed by atoms with van der Waals surface area (Å²) in [6, 6.07) is -3.08. The zero-order chi connectivity index (χ0) is 22.6. The van der Waals surface area contributed by atoms with E-state index in [0.717, 1.165) is 11.3 Å². The molecule has 0 aliphatic carbocycles. The molecule has 16 nitrogen and oxygen atoms in total. The van der Waals surface area contributed by atoms with Crippen LogP contribution in [0.5, 0.6) is 0 Å². The number of aliphatic carboxylic acids is 1. The fraction of sp³-hybridized carbons (Fsp3) is 0.333. The second-order valence-corrected chi connectivity index (χ2v) is 7.62. The molecule has 1 fully saturated rings. The van der Waals surface area contributed by atoms with Crippen LogP contribution in [0.3, 0.4) is 0 Å². The normalized spacial score (nSPS) is 17.8. The van der Waals surface area contributed by atoms with Gasteiger partial charge < -0.3 is 31.5 Å². The predicted molar refractivity (Wildman–Crippen MR) is 111 cm³/mol. The third-order valence-electron chi connectivity index (χ3n) is 3.42. The van der Waals surface area contributed by atoms with Gasteiger partial charge in [-0.1, -0.05) is 5.16 Å². The van der Waals surface area contributed by atoms with Gasteiger partial charge in [0.2, 0.25) is 6.61 Å². The first-order valence-electron chi connectivity index (χ1n) is 7.58. The Morgan fingerprint density at radius 1 is 1.34 bits per heavy atom. The Morgan fingerprint density at radius 2 is 1.97 bits per heavy atom. The minimum absolute atomic E-state index is 0. The monoisotopic (exact) mass is 514 g/mol. The number of nitrogens with two attached hydrogens (primary N) is 2. The molecule has 1 aromatic rings. The molecule has 0 unspecified atom stereocenters. The summed E-state index contributed by atoms with van der Waals surface area (Å²) in [7, 11) is -5.02. The van der Waals surface area contributed by atoms with E-state index >= 15 is 0 Å². The number of aromatic nitrogens is 1. The van der Waals surface area contributed by atoms with Crippen LogP contribution in [0, 0.1) is 0 Å². The van der Waals surface area contributed by atoms with Crippen molar-refractivity contribution in [3.8, 4) is 0 Å². The zero-order valence-corrected chi connectivity index (χ0v) is 16.3. The van der Waals surface area contributed by atoms with Crippen molar-refractivity contribution in [3.63, 3.8) is 0 Å². The number of amides is 3. The molecule has 0 aromatic carbocycles. The van der Waals surface area contributed by atoms with Crippen molar-refractivity contribution in [2.45, 2.75) is 12.1 Å². The molecule has 1 aliphatic rings. The van der Waals surface area contributed by atoms with Gasteiger partial charge >= 0.3 is 81.5 Å². The average Bonchev–Trinajstić information content (AvgIpc) is 3.04. The number of rotatable bonds is 9. The van der Waals surface area contributed by atoms with Crippen molar-refractivity contribution in [3.05, 3.63) is 11.1 Å². The third-order valence-corrected chi connectivity index (χ3v) is 5.05. The van der Waals surface area contributed by atoms with Crippen molar-refractivity contribution in [1.29, 1.82) is 0 Å². The van der Waals surface area contributed by atoms with Gasteiger partial charge in [0.05, 0.1) is 0 Å². The van der Waals surface area contributed by atoms with E-state index < -0.39 is 65.2 Å². The molecule has 0 spiro atoms. The second-order valence-electron chi connectivity index (χ2n) is 5.44. The Morgan fingerprint density at radius 3 is 2.44 bits per heavy atom.